The largest absolute Gasteiger partial charge is 0.285 e. The number of amides is 2. The molecule has 0 aromatic heterocycles. The van der Waals surface area contributed by atoms with Crippen LogP contribution in [0.3, 0.4) is 0 Å². The maximum atomic E-state index is 13.2. The van der Waals surface area contributed by atoms with Crippen LogP contribution < -0.4 is 0 Å². The van der Waals surface area contributed by atoms with Gasteiger partial charge in [-0.3, -0.25) is 19.4 Å². The average Bonchev–Trinajstić information content (AvgIpc) is 2.67. The molecular formula is C21H19BrN2O2S. The van der Waals surface area contributed by atoms with Crippen LogP contribution in [0, 0.1) is 0 Å². The van der Waals surface area contributed by atoms with Crippen molar-refractivity contribution >= 4 is 50.6 Å². The third-order valence-corrected chi connectivity index (χ3v) is 5.43. The molecule has 4 nitrogen and oxygen atoms in total. The predicted octanol–water partition coefficient (Wildman–Crippen LogP) is 4.25. The topological polar surface area (TPSA) is 40.6 Å². The van der Waals surface area contributed by atoms with Gasteiger partial charge in [-0.25, -0.2) is 0 Å². The number of halogens is 1. The molecule has 1 aliphatic heterocycles. The van der Waals surface area contributed by atoms with E-state index < -0.39 is 0 Å². The van der Waals surface area contributed by atoms with Crippen molar-refractivity contribution in [1.29, 1.82) is 0 Å². The first-order valence-electron chi connectivity index (χ1n) is 8.72. The molecular weight excluding hydrogens is 424 g/mol. The van der Waals surface area contributed by atoms with E-state index >= 15 is 0 Å². The van der Waals surface area contributed by atoms with E-state index in [2.05, 4.69) is 15.9 Å². The minimum Gasteiger partial charge on any atom is -0.285 e. The van der Waals surface area contributed by atoms with E-state index in [0.717, 1.165) is 15.6 Å². The summed E-state index contributed by atoms with van der Waals surface area (Å²) in [5.74, 6) is -0.696. The molecule has 0 spiro atoms. The Hall–Kier alpha value is -2.31. The standard InChI is InChI=1S/C21H19BrN2O2S/c1-3-23-19(25)18(20(26)24(4-2)21(23)27)17(14-8-6-5-7-9-14)15-10-12-16(22)13-11-15/h5-13H,3-4H2,1-2H3. The van der Waals surface area contributed by atoms with Crippen molar-refractivity contribution in [1.82, 2.24) is 9.80 Å². The van der Waals surface area contributed by atoms with Crippen molar-refractivity contribution in [2.24, 2.45) is 0 Å². The smallest absolute Gasteiger partial charge is 0.266 e. The van der Waals surface area contributed by atoms with Crippen LogP contribution in [0.2, 0.25) is 0 Å². The van der Waals surface area contributed by atoms with Gasteiger partial charge in [-0.05, 0) is 49.3 Å². The highest BCUT2D eigenvalue weighted by atomic mass is 79.9. The van der Waals surface area contributed by atoms with Crippen LogP contribution in [0.15, 0.2) is 64.6 Å². The van der Waals surface area contributed by atoms with Crippen LogP contribution >= 0.6 is 28.1 Å². The number of rotatable bonds is 4. The van der Waals surface area contributed by atoms with Gasteiger partial charge in [-0.15, -0.1) is 0 Å². The molecule has 0 bridgehead atoms. The van der Waals surface area contributed by atoms with Crippen LogP contribution in [-0.4, -0.2) is 39.8 Å². The van der Waals surface area contributed by atoms with Gasteiger partial charge in [0.15, 0.2) is 5.11 Å². The predicted molar refractivity (Wildman–Crippen MR) is 114 cm³/mol. The summed E-state index contributed by atoms with van der Waals surface area (Å²) in [5, 5.41) is 0.266. The second-order valence-electron chi connectivity index (χ2n) is 6.00. The molecule has 2 aromatic carbocycles. The van der Waals surface area contributed by atoms with Crippen molar-refractivity contribution in [2.75, 3.05) is 13.1 Å². The molecule has 0 atom stereocenters. The molecule has 1 fully saturated rings. The first kappa shape index (κ1) is 19.5. The number of hydrogen-bond acceptors (Lipinski definition) is 3. The van der Waals surface area contributed by atoms with E-state index in [4.69, 9.17) is 12.2 Å². The highest BCUT2D eigenvalue weighted by molar-refractivity contribution is 9.10. The van der Waals surface area contributed by atoms with Gasteiger partial charge >= 0.3 is 0 Å². The van der Waals surface area contributed by atoms with Crippen molar-refractivity contribution < 1.29 is 9.59 Å². The fourth-order valence-corrected chi connectivity index (χ4v) is 3.82. The summed E-state index contributed by atoms with van der Waals surface area (Å²) in [7, 11) is 0. The Morgan fingerprint density at radius 2 is 1.33 bits per heavy atom. The summed E-state index contributed by atoms with van der Waals surface area (Å²) in [4.78, 5) is 29.4. The van der Waals surface area contributed by atoms with Crippen LogP contribution in [0.5, 0.6) is 0 Å². The number of carbonyl (C=O) groups excluding carboxylic acids is 2. The summed E-state index contributed by atoms with van der Waals surface area (Å²) in [6.07, 6.45) is 0. The molecule has 6 heteroatoms. The molecule has 0 radical (unpaired) electrons. The third kappa shape index (κ3) is 3.59. The lowest BCUT2D eigenvalue weighted by atomic mass is 9.91. The second kappa shape index (κ2) is 8.15. The SMILES string of the molecule is CCN1C(=O)C(=C(c2ccccc2)c2ccc(Br)cc2)C(=O)N(CC)C1=S. The van der Waals surface area contributed by atoms with E-state index in [0.29, 0.717) is 18.7 Å². The zero-order valence-electron chi connectivity index (χ0n) is 15.1. The maximum absolute atomic E-state index is 13.2. The van der Waals surface area contributed by atoms with E-state index in [-0.39, 0.29) is 22.5 Å². The molecule has 0 N–H and O–H groups in total. The molecule has 0 saturated carbocycles. The molecule has 0 aliphatic carbocycles. The zero-order chi connectivity index (χ0) is 19.6. The van der Waals surface area contributed by atoms with E-state index in [1.54, 1.807) is 0 Å². The van der Waals surface area contributed by atoms with E-state index in [1.165, 1.54) is 9.80 Å². The highest BCUT2D eigenvalue weighted by Gasteiger charge is 2.40. The molecule has 1 heterocycles. The summed E-state index contributed by atoms with van der Waals surface area (Å²) in [6, 6.07) is 17.1. The number of hydrogen-bond donors (Lipinski definition) is 0. The highest BCUT2D eigenvalue weighted by Crippen LogP contribution is 2.32. The van der Waals surface area contributed by atoms with Crippen LogP contribution in [-0.2, 0) is 9.59 Å². The Kier molecular flexibility index (Phi) is 5.87. The summed E-state index contributed by atoms with van der Waals surface area (Å²) < 4.78 is 0.927. The van der Waals surface area contributed by atoms with Crippen LogP contribution in [0.4, 0.5) is 0 Å². The number of carbonyl (C=O) groups is 2. The fraction of sp³-hybridized carbons (Fsp3) is 0.190. The van der Waals surface area contributed by atoms with Gasteiger partial charge < -0.3 is 0 Å². The van der Waals surface area contributed by atoms with Crippen molar-refractivity contribution in [3.8, 4) is 0 Å². The number of benzene rings is 2. The van der Waals surface area contributed by atoms with Gasteiger partial charge in [-0.2, -0.15) is 0 Å². The van der Waals surface area contributed by atoms with Crippen LogP contribution in [0.25, 0.3) is 5.57 Å². The number of likely N-dealkylation sites (N-methyl/N-ethyl adjacent to an activating group) is 2. The molecule has 1 saturated heterocycles. The number of nitrogens with zero attached hydrogens (tertiary/aromatic N) is 2. The quantitative estimate of drug-likeness (QED) is 0.403. The monoisotopic (exact) mass is 442 g/mol. The first-order valence-corrected chi connectivity index (χ1v) is 9.93. The van der Waals surface area contributed by atoms with E-state index in [1.807, 2.05) is 68.4 Å². The fourth-order valence-electron chi connectivity index (χ4n) is 3.13. The van der Waals surface area contributed by atoms with Gasteiger partial charge in [0.2, 0.25) is 0 Å². The van der Waals surface area contributed by atoms with Gasteiger partial charge in [0, 0.05) is 23.1 Å². The summed E-state index contributed by atoms with van der Waals surface area (Å²) in [6.45, 7) is 4.53. The van der Waals surface area contributed by atoms with Crippen molar-refractivity contribution in [3.63, 3.8) is 0 Å². The maximum Gasteiger partial charge on any atom is 0.266 e. The molecule has 2 amide bonds. The first-order chi connectivity index (χ1) is 13.0. The minimum absolute atomic E-state index is 0.154. The average molecular weight is 443 g/mol. The van der Waals surface area contributed by atoms with Gasteiger partial charge in [0.1, 0.15) is 5.57 Å². The summed E-state index contributed by atoms with van der Waals surface area (Å²) >= 11 is 8.81. The van der Waals surface area contributed by atoms with Crippen molar-refractivity contribution in [3.05, 3.63) is 75.8 Å². The number of thiocarbonyl (C=S) groups is 1. The molecule has 3 rings (SSSR count). The Labute approximate surface area is 172 Å². The molecule has 0 unspecified atom stereocenters. The molecule has 1 aliphatic rings. The Morgan fingerprint density at radius 1 is 0.852 bits per heavy atom. The van der Waals surface area contributed by atoms with Crippen LogP contribution in [0.1, 0.15) is 25.0 Å². The van der Waals surface area contributed by atoms with Gasteiger partial charge in [-0.1, -0.05) is 58.4 Å². The Balaban J connectivity index is 2.31. The van der Waals surface area contributed by atoms with Crippen molar-refractivity contribution in [2.45, 2.75) is 13.8 Å². The second-order valence-corrected chi connectivity index (χ2v) is 7.29. The van der Waals surface area contributed by atoms with Gasteiger partial charge in [0.25, 0.3) is 11.8 Å². The lowest BCUT2D eigenvalue weighted by Crippen LogP contribution is -2.56. The molecule has 138 valence electrons. The minimum atomic E-state index is -0.348. The molecule has 27 heavy (non-hydrogen) atoms. The Bertz CT molecular complexity index is 895. The summed E-state index contributed by atoms with van der Waals surface area (Å²) in [5.41, 5.74) is 2.40. The lowest BCUT2D eigenvalue weighted by Gasteiger charge is -2.36. The zero-order valence-corrected chi connectivity index (χ0v) is 17.5. The van der Waals surface area contributed by atoms with E-state index in [9.17, 15) is 9.59 Å². The lowest BCUT2D eigenvalue weighted by molar-refractivity contribution is -0.133. The van der Waals surface area contributed by atoms with Gasteiger partial charge in [0.05, 0.1) is 0 Å². The normalized spacial score (nSPS) is 14.8. The third-order valence-electron chi connectivity index (χ3n) is 4.46. The Morgan fingerprint density at radius 3 is 1.81 bits per heavy atom. The molecule has 2 aromatic rings.